The fraction of sp³-hybridized carbons (Fsp3) is 0.541. The van der Waals surface area contributed by atoms with Crippen molar-refractivity contribution < 1.29 is 19.2 Å². The van der Waals surface area contributed by atoms with E-state index in [1.165, 1.54) is 0 Å². The van der Waals surface area contributed by atoms with Crippen LogP contribution in [0.2, 0.25) is 0 Å². The smallest absolute Gasteiger partial charge is 0.262 e. The molecule has 1 aromatic rings. The third-order valence-electron chi connectivity index (χ3n) is 19.7. The number of hydrogen-bond donors (Lipinski definition) is 4. The molecule has 0 saturated carbocycles. The van der Waals surface area contributed by atoms with E-state index >= 15 is 0 Å². The van der Waals surface area contributed by atoms with Crippen LogP contribution in [-0.4, -0.2) is 95.6 Å². The van der Waals surface area contributed by atoms with Crippen LogP contribution < -0.4 is 21.3 Å². The lowest BCUT2D eigenvalue weighted by molar-refractivity contribution is -0.118. The van der Waals surface area contributed by atoms with E-state index in [4.69, 9.17) is 19.7 Å². The maximum Gasteiger partial charge on any atom is 0.262 e. The zero-order chi connectivity index (χ0) is 67.9. The molecular formula is C74H86N16O4. The van der Waals surface area contributed by atoms with Crippen molar-refractivity contribution in [2.75, 3.05) is 52.4 Å². The van der Waals surface area contributed by atoms with Gasteiger partial charge in [0.15, 0.2) is 5.70 Å². The number of nitrogens with zero attached hydrogens (tertiary/aromatic N) is 12. The topological polar surface area (TPSA) is 261 Å². The highest BCUT2D eigenvalue weighted by Crippen LogP contribution is 2.49. The predicted molar refractivity (Wildman–Crippen MR) is 353 cm³/mol. The van der Waals surface area contributed by atoms with Gasteiger partial charge in [0, 0.05) is 101 Å². The highest BCUT2D eigenvalue weighted by molar-refractivity contribution is 6.01. The van der Waals surface area contributed by atoms with Gasteiger partial charge in [0.25, 0.3) is 17.7 Å². The molecule has 4 fully saturated rings. The number of allylic oxidation sites excluding steroid dienone is 10. The minimum absolute atomic E-state index is 0.218. The second-order valence-corrected chi connectivity index (χ2v) is 29.5. The van der Waals surface area contributed by atoms with E-state index in [0.29, 0.717) is 99.9 Å². The summed E-state index contributed by atoms with van der Waals surface area (Å²) in [5, 5.41) is 65.9. The Hall–Kier alpha value is -9.86. The fourth-order valence-corrected chi connectivity index (χ4v) is 15.3. The van der Waals surface area contributed by atoms with Crippen LogP contribution in [0.25, 0.3) is 14.5 Å². The molecule has 4 heterocycles. The van der Waals surface area contributed by atoms with Crippen molar-refractivity contribution in [2.24, 2.45) is 21.7 Å². The minimum atomic E-state index is -0.754. The van der Waals surface area contributed by atoms with Crippen LogP contribution in [0.1, 0.15) is 180 Å². The Bertz CT molecular complexity index is 3450. The second kappa shape index (κ2) is 28.6. The highest BCUT2D eigenvalue weighted by Gasteiger charge is 2.41. The van der Waals surface area contributed by atoms with Gasteiger partial charge in [-0.1, -0.05) is 67.5 Å². The number of amides is 4. The molecule has 20 heteroatoms. The van der Waals surface area contributed by atoms with E-state index in [9.17, 15) is 45.5 Å². The minimum Gasteiger partial charge on any atom is -0.384 e. The number of likely N-dealkylation sites (tertiary alicyclic amines) is 4. The third kappa shape index (κ3) is 15.0. The van der Waals surface area contributed by atoms with Crippen molar-refractivity contribution in [3.63, 3.8) is 0 Å². The molecule has 0 unspecified atom stereocenters. The number of hydrogen-bond acceptors (Lipinski definition) is 13. The zero-order valence-electron chi connectivity index (χ0n) is 56.0. The van der Waals surface area contributed by atoms with Crippen LogP contribution in [0.15, 0.2) is 102 Å². The van der Waals surface area contributed by atoms with Crippen LogP contribution in [0, 0.1) is 98.0 Å². The third-order valence-corrected chi connectivity index (χ3v) is 19.7. The van der Waals surface area contributed by atoms with Gasteiger partial charge >= 0.3 is 0 Å². The lowest BCUT2D eigenvalue weighted by Crippen LogP contribution is -2.33. The van der Waals surface area contributed by atoms with Gasteiger partial charge in [0.1, 0.15) is 47.1 Å². The van der Waals surface area contributed by atoms with Gasteiger partial charge in [-0.15, -0.1) is 0 Å². The molecule has 0 radical (unpaired) electrons. The number of nitriles is 5. The number of rotatable bonds is 16. The Morgan fingerprint density at radius 2 is 0.670 bits per heavy atom. The molecule has 0 atom stereocenters. The van der Waals surface area contributed by atoms with Crippen LogP contribution in [0.4, 0.5) is 0 Å². The molecule has 4 aliphatic heterocycles. The molecule has 4 saturated heterocycles. The molecule has 9 rings (SSSR count). The lowest BCUT2D eigenvalue weighted by atomic mass is 9.72. The first kappa shape index (κ1) is 68.5. The maximum atomic E-state index is 14.8. The molecule has 4 N–H and O–H groups in total. The SMILES string of the molecule is [C-]#[N+]C1=C(N2CCCC2)CC(C)(C)C/C1=C(\C#N)C(=O)NCc1cc(CNC(=O)/C([N+]#[C-])=C2\CC(C)(C)CC(N3CCCC3)=C2[N+]#[C-])c(CNC(=O)/C(C#N)=C2\CC(C)(C)CC(N3CCCC3)=C2C#N)cc1CNC(=O)/C(C#N)=C1\CC(C)(C)CC(N2CCCC2)=C1C#N. The van der Waals surface area contributed by atoms with E-state index < -0.39 is 39.9 Å². The zero-order valence-corrected chi connectivity index (χ0v) is 56.0. The van der Waals surface area contributed by atoms with Gasteiger partial charge in [-0.3, -0.25) is 19.2 Å². The maximum absolute atomic E-state index is 14.8. The summed E-state index contributed by atoms with van der Waals surface area (Å²) in [6.07, 6.45) is 11.2. The summed E-state index contributed by atoms with van der Waals surface area (Å²) in [6.45, 7) is 46.6. The van der Waals surface area contributed by atoms with Gasteiger partial charge in [0.2, 0.25) is 17.3 Å². The van der Waals surface area contributed by atoms with E-state index in [-0.39, 0.29) is 72.5 Å². The first-order chi connectivity index (χ1) is 44.8. The van der Waals surface area contributed by atoms with Gasteiger partial charge < -0.3 is 40.9 Å². The molecule has 20 nitrogen and oxygen atoms in total. The summed E-state index contributed by atoms with van der Waals surface area (Å²) in [7, 11) is 0. The Labute approximate surface area is 554 Å². The van der Waals surface area contributed by atoms with Crippen molar-refractivity contribution in [3.8, 4) is 30.3 Å². The van der Waals surface area contributed by atoms with Crippen molar-refractivity contribution in [1.29, 1.82) is 26.3 Å². The Morgan fingerprint density at radius 1 is 0.404 bits per heavy atom. The van der Waals surface area contributed by atoms with Crippen LogP contribution in [0.5, 0.6) is 0 Å². The highest BCUT2D eigenvalue weighted by atomic mass is 16.2. The van der Waals surface area contributed by atoms with Crippen molar-refractivity contribution in [2.45, 2.75) is 184 Å². The fourth-order valence-electron chi connectivity index (χ4n) is 15.3. The predicted octanol–water partition coefficient (Wildman–Crippen LogP) is 11.3. The average molecular weight is 1260 g/mol. The molecule has 8 aliphatic rings. The van der Waals surface area contributed by atoms with E-state index in [1.54, 1.807) is 12.1 Å². The number of carbonyl (C=O) groups excluding carboxylic acids is 4. The number of benzene rings is 1. The first-order valence-electron chi connectivity index (χ1n) is 33.1. The summed E-state index contributed by atoms with van der Waals surface area (Å²) in [4.78, 5) is 79.5. The number of carbonyl (C=O) groups is 4. The van der Waals surface area contributed by atoms with E-state index in [0.717, 1.165) is 127 Å². The van der Waals surface area contributed by atoms with Gasteiger partial charge in [0.05, 0.1) is 30.9 Å². The monoisotopic (exact) mass is 1260 g/mol. The lowest BCUT2D eigenvalue weighted by Gasteiger charge is -2.37. The largest absolute Gasteiger partial charge is 0.384 e. The Morgan fingerprint density at radius 3 is 0.968 bits per heavy atom. The van der Waals surface area contributed by atoms with Crippen molar-refractivity contribution >= 4 is 23.6 Å². The summed E-state index contributed by atoms with van der Waals surface area (Å²) in [5.74, 6) is -3.00. The second-order valence-electron chi connectivity index (χ2n) is 29.5. The Balaban J connectivity index is 1.16. The van der Waals surface area contributed by atoms with Crippen LogP contribution >= 0.6 is 0 Å². The molecule has 0 aromatic heterocycles. The van der Waals surface area contributed by atoms with Gasteiger partial charge in [-0.2, -0.15) is 26.3 Å². The van der Waals surface area contributed by atoms with Gasteiger partial charge in [-0.05, 0) is 169 Å². The van der Waals surface area contributed by atoms with Crippen LogP contribution in [0.3, 0.4) is 0 Å². The summed E-state index contributed by atoms with van der Waals surface area (Å²) >= 11 is 0. The molecular weight excluding hydrogens is 1180 g/mol. The van der Waals surface area contributed by atoms with Crippen molar-refractivity contribution in [1.82, 2.24) is 40.9 Å². The molecule has 0 spiro atoms. The van der Waals surface area contributed by atoms with Gasteiger partial charge in [-0.25, -0.2) is 14.5 Å². The van der Waals surface area contributed by atoms with Crippen LogP contribution in [-0.2, 0) is 45.4 Å². The number of nitrogens with one attached hydrogen (secondary N) is 4. The normalized spacial score (nSPS) is 22.7. The van der Waals surface area contributed by atoms with Crippen molar-refractivity contribution in [3.05, 3.63) is 159 Å². The van der Waals surface area contributed by atoms with E-state index in [2.05, 4.69) is 113 Å². The summed E-state index contributed by atoms with van der Waals surface area (Å²) in [5.41, 5.74) is 4.85. The molecule has 94 heavy (non-hydrogen) atoms. The summed E-state index contributed by atoms with van der Waals surface area (Å²) < 4.78 is 0. The Kier molecular flexibility index (Phi) is 20.8. The van der Waals surface area contributed by atoms with E-state index in [1.807, 2.05) is 27.7 Å². The molecule has 1 aromatic carbocycles. The summed E-state index contributed by atoms with van der Waals surface area (Å²) in [6, 6.07) is 14.5. The quantitative estimate of drug-likeness (QED) is 0.0683. The molecule has 486 valence electrons. The molecule has 4 aliphatic carbocycles. The molecule has 4 amide bonds. The average Bonchev–Trinajstić information content (AvgIpc) is 1.12. The standard InChI is InChI=1S/C74H86N16O4/c1-71(2)30-51(55(38-75)60(34-71)87-20-12-13-21-87)57(40-77)67(91)83-43-47-28-49(44-84-68(92)58(41-78)52-31-72(3,4)35-61(56(52)39-76)88-22-14-15-23-88)50(46-86-70(94)66(82-11)54-33-74(7,8)37-63(65(54)81-10)90-26-18-19-27-90)29-48(47)45-85-69(93)59(42-79)53-32-73(5,6)36-62(64(53)80-9)89-24-16-17-25-89/h28-29H,12-27,30-37,43-46H2,1-8H3,(H,83,91)(H,84,92)(H,85,93)(H,86,94)/b57-51+,58-52+,59-53-,66-54-. The first-order valence-corrected chi connectivity index (χ1v) is 33.1. The molecule has 0 bridgehead atoms.